The highest BCUT2D eigenvalue weighted by molar-refractivity contribution is 5.95. The second-order valence-corrected chi connectivity index (χ2v) is 6.59. The molecule has 2 aromatic carbocycles. The first-order chi connectivity index (χ1) is 13.7. The van der Waals surface area contributed by atoms with Crippen molar-refractivity contribution in [1.29, 1.82) is 0 Å². The minimum absolute atomic E-state index is 0.270. The largest absolute Gasteiger partial charge is 0.456 e. The summed E-state index contributed by atoms with van der Waals surface area (Å²) in [5.41, 5.74) is 8.20. The zero-order valence-electron chi connectivity index (χ0n) is 16.0. The first-order valence-corrected chi connectivity index (χ1v) is 9.42. The lowest BCUT2D eigenvalue weighted by molar-refractivity contribution is 0.0997. The molecule has 3 aromatic rings. The molecule has 5 nitrogen and oxygen atoms in total. The molecule has 0 aliphatic rings. The summed E-state index contributed by atoms with van der Waals surface area (Å²) in [4.78, 5) is 17.8. The van der Waals surface area contributed by atoms with E-state index in [4.69, 9.17) is 10.5 Å². The topological polar surface area (TPSA) is 68.4 Å². The maximum atomic E-state index is 11.5. The average Bonchev–Trinajstić information content (AvgIpc) is 2.73. The van der Waals surface area contributed by atoms with Crippen LogP contribution < -0.4 is 10.5 Å². The summed E-state index contributed by atoms with van der Waals surface area (Å²) in [5.74, 6) is 0.516. The van der Waals surface area contributed by atoms with Gasteiger partial charge in [0, 0.05) is 25.5 Å². The zero-order chi connectivity index (χ0) is 19.8. The number of pyridine rings is 1. The van der Waals surface area contributed by atoms with E-state index in [9.17, 15) is 4.79 Å². The zero-order valence-corrected chi connectivity index (χ0v) is 16.0. The second kappa shape index (κ2) is 9.67. The van der Waals surface area contributed by atoms with Crippen molar-refractivity contribution in [3.05, 3.63) is 89.7 Å². The third kappa shape index (κ3) is 5.41. The summed E-state index contributed by atoms with van der Waals surface area (Å²) >= 11 is 0. The number of nitrogens with two attached hydrogens (primary N) is 1. The number of amides is 1. The van der Waals surface area contributed by atoms with E-state index in [0.29, 0.717) is 11.5 Å². The highest BCUT2D eigenvalue weighted by Crippen LogP contribution is 2.24. The summed E-state index contributed by atoms with van der Waals surface area (Å²) in [5, 5.41) is 0. The molecule has 1 amide bonds. The Morgan fingerprint density at radius 2 is 1.79 bits per heavy atom. The summed E-state index contributed by atoms with van der Waals surface area (Å²) in [6, 6.07) is 20.1. The fraction of sp³-hybridized carbons (Fsp3) is 0.217. The highest BCUT2D eigenvalue weighted by atomic mass is 16.5. The summed E-state index contributed by atoms with van der Waals surface area (Å²) in [6.07, 6.45) is 3.95. The van der Waals surface area contributed by atoms with Crippen molar-refractivity contribution in [2.45, 2.75) is 19.9 Å². The number of benzene rings is 2. The minimum Gasteiger partial charge on any atom is -0.456 e. The molecular weight excluding hydrogens is 350 g/mol. The third-order valence-electron chi connectivity index (χ3n) is 4.61. The molecule has 0 unspecified atom stereocenters. The Bertz CT molecular complexity index is 895. The minimum atomic E-state index is -0.558. The lowest BCUT2D eigenvalue weighted by atomic mass is 10.1. The monoisotopic (exact) mass is 375 g/mol. The number of hydrogen-bond donors (Lipinski definition) is 1. The molecule has 1 aromatic heterocycles. The molecule has 3 rings (SSSR count). The standard InChI is InChI=1S/C23H25N3O2/c1-2-26(17-19-6-4-3-5-7-19)15-13-18-8-10-20(11-9-18)28-22-12-14-25-16-21(22)23(24)27/h3-12,14,16H,2,13,15,17H2,1H3,(H2,24,27). The average molecular weight is 375 g/mol. The summed E-state index contributed by atoms with van der Waals surface area (Å²) in [7, 11) is 0. The van der Waals surface area contributed by atoms with Gasteiger partial charge in [-0.25, -0.2) is 0 Å². The third-order valence-corrected chi connectivity index (χ3v) is 4.61. The molecule has 0 spiro atoms. The SMILES string of the molecule is CCN(CCc1ccc(Oc2ccncc2C(N)=O)cc1)Cc1ccccc1. The number of ether oxygens (including phenoxy) is 1. The summed E-state index contributed by atoms with van der Waals surface area (Å²) in [6.45, 7) is 5.14. The maximum absolute atomic E-state index is 11.5. The van der Waals surface area contributed by atoms with Crippen molar-refractivity contribution in [1.82, 2.24) is 9.88 Å². The lowest BCUT2D eigenvalue weighted by Crippen LogP contribution is -2.25. The van der Waals surface area contributed by atoms with Crippen LogP contribution in [0.1, 0.15) is 28.4 Å². The Morgan fingerprint density at radius 1 is 1.04 bits per heavy atom. The smallest absolute Gasteiger partial charge is 0.254 e. The molecule has 0 saturated heterocycles. The van der Waals surface area contributed by atoms with Gasteiger partial charge in [-0.3, -0.25) is 14.7 Å². The highest BCUT2D eigenvalue weighted by Gasteiger charge is 2.10. The van der Waals surface area contributed by atoms with E-state index >= 15 is 0 Å². The Balaban J connectivity index is 1.58. The van der Waals surface area contributed by atoms with Crippen molar-refractivity contribution in [3.8, 4) is 11.5 Å². The van der Waals surface area contributed by atoms with Gasteiger partial charge in [-0.05, 0) is 42.3 Å². The quantitative estimate of drug-likeness (QED) is 0.613. The molecule has 2 N–H and O–H groups in total. The predicted molar refractivity (Wildman–Crippen MR) is 110 cm³/mol. The van der Waals surface area contributed by atoms with E-state index in [-0.39, 0.29) is 5.56 Å². The first kappa shape index (κ1) is 19.6. The van der Waals surface area contributed by atoms with E-state index in [1.807, 2.05) is 18.2 Å². The van der Waals surface area contributed by atoms with Crippen LogP contribution in [-0.2, 0) is 13.0 Å². The van der Waals surface area contributed by atoms with Gasteiger partial charge < -0.3 is 10.5 Å². The Morgan fingerprint density at radius 3 is 2.46 bits per heavy atom. The fourth-order valence-corrected chi connectivity index (χ4v) is 2.98. The molecule has 0 saturated carbocycles. The number of nitrogens with zero attached hydrogens (tertiary/aromatic N) is 2. The molecule has 0 aliphatic heterocycles. The molecular formula is C23H25N3O2. The van der Waals surface area contributed by atoms with Crippen LogP contribution in [-0.4, -0.2) is 28.9 Å². The van der Waals surface area contributed by atoms with E-state index in [0.717, 1.165) is 26.1 Å². The molecule has 5 heteroatoms. The predicted octanol–water partition coefficient (Wildman–Crippen LogP) is 4.04. The summed E-state index contributed by atoms with van der Waals surface area (Å²) < 4.78 is 5.80. The number of rotatable bonds is 9. The van der Waals surface area contributed by atoms with E-state index in [1.54, 1.807) is 12.3 Å². The lowest BCUT2D eigenvalue weighted by Gasteiger charge is -2.20. The van der Waals surface area contributed by atoms with E-state index < -0.39 is 5.91 Å². The molecule has 0 fully saturated rings. The number of likely N-dealkylation sites (N-methyl/N-ethyl adjacent to an activating group) is 1. The van der Waals surface area contributed by atoms with E-state index in [2.05, 4.69) is 53.2 Å². The van der Waals surface area contributed by atoms with Gasteiger partial charge in [0.1, 0.15) is 17.1 Å². The molecule has 1 heterocycles. The van der Waals surface area contributed by atoms with Gasteiger partial charge in [-0.15, -0.1) is 0 Å². The van der Waals surface area contributed by atoms with Crippen LogP contribution in [0.4, 0.5) is 0 Å². The molecule has 144 valence electrons. The van der Waals surface area contributed by atoms with Gasteiger partial charge in [-0.2, -0.15) is 0 Å². The van der Waals surface area contributed by atoms with Crippen LogP contribution in [0.3, 0.4) is 0 Å². The number of carbonyl (C=O) groups excluding carboxylic acids is 1. The maximum Gasteiger partial charge on any atom is 0.254 e. The number of primary amides is 1. The Labute approximate surface area is 165 Å². The molecule has 0 aliphatic carbocycles. The van der Waals surface area contributed by atoms with Crippen LogP contribution in [0.15, 0.2) is 73.1 Å². The van der Waals surface area contributed by atoms with Crippen LogP contribution in [0.25, 0.3) is 0 Å². The Kier molecular flexibility index (Phi) is 6.76. The van der Waals surface area contributed by atoms with E-state index in [1.165, 1.54) is 17.3 Å². The van der Waals surface area contributed by atoms with Crippen molar-refractivity contribution < 1.29 is 9.53 Å². The number of aromatic nitrogens is 1. The van der Waals surface area contributed by atoms with Gasteiger partial charge in [0.05, 0.1) is 0 Å². The van der Waals surface area contributed by atoms with Crippen LogP contribution in [0.2, 0.25) is 0 Å². The van der Waals surface area contributed by atoms with Crippen LogP contribution >= 0.6 is 0 Å². The van der Waals surface area contributed by atoms with Crippen molar-refractivity contribution >= 4 is 5.91 Å². The second-order valence-electron chi connectivity index (χ2n) is 6.59. The number of carbonyl (C=O) groups is 1. The fourth-order valence-electron chi connectivity index (χ4n) is 2.98. The van der Waals surface area contributed by atoms with Gasteiger partial charge in [-0.1, -0.05) is 49.4 Å². The van der Waals surface area contributed by atoms with Crippen molar-refractivity contribution in [2.75, 3.05) is 13.1 Å². The normalized spacial score (nSPS) is 10.8. The van der Waals surface area contributed by atoms with Gasteiger partial charge in [0.2, 0.25) is 0 Å². The Hall–Kier alpha value is -3.18. The van der Waals surface area contributed by atoms with Crippen molar-refractivity contribution in [2.24, 2.45) is 5.73 Å². The first-order valence-electron chi connectivity index (χ1n) is 9.42. The molecule has 0 radical (unpaired) electrons. The van der Waals surface area contributed by atoms with Gasteiger partial charge in [0.15, 0.2) is 0 Å². The van der Waals surface area contributed by atoms with Crippen LogP contribution in [0.5, 0.6) is 11.5 Å². The van der Waals surface area contributed by atoms with Gasteiger partial charge in [0.25, 0.3) is 5.91 Å². The molecule has 0 atom stereocenters. The van der Waals surface area contributed by atoms with Crippen LogP contribution in [0, 0.1) is 0 Å². The molecule has 28 heavy (non-hydrogen) atoms. The molecule has 0 bridgehead atoms. The van der Waals surface area contributed by atoms with Crippen molar-refractivity contribution in [3.63, 3.8) is 0 Å². The van der Waals surface area contributed by atoms with Gasteiger partial charge >= 0.3 is 0 Å². The number of hydrogen-bond acceptors (Lipinski definition) is 4.